The summed E-state index contributed by atoms with van der Waals surface area (Å²) in [5.74, 6) is -0.433. The Hall–Kier alpha value is -1.79. The second-order valence-electron chi connectivity index (χ2n) is 4.12. The number of anilines is 3. The largest absolute Gasteiger partial charge is 0.423 e. The van der Waals surface area contributed by atoms with Crippen LogP contribution in [0.4, 0.5) is 21.8 Å². The van der Waals surface area contributed by atoms with E-state index in [2.05, 4.69) is 26.2 Å². The van der Waals surface area contributed by atoms with E-state index in [0.29, 0.717) is 26.9 Å². The van der Waals surface area contributed by atoms with Crippen LogP contribution in [0, 0.1) is 5.82 Å². The fraction of sp³-hybridized carbons (Fsp3) is 0. The van der Waals surface area contributed by atoms with Gasteiger partial charge in [0.15, 0.2) is 5.58 Å². The van der Waals surface area contributed by atoms with E-state index in [1.807, 2.05) is 0 Å². The third-order valence-corrected chi connectivity index (χ3v) is 3.57. The van der Waals surface area contributed by atoms with Crippen LogP contribution in [0.25, 0.3) is 11.1 Å². The van der Waals surface area contributed by atoms with Gasteiger partial charge in [-0.3, -0.25) is 0 Å². The molecule has 3 aromatic rings. The average molecular weight is 357 g/mol. The maximum Gasteiger partial charge on any atom is 0.300 e. The monoisotopic (exact) mass is 355 g/mol. The molecular formula is C13H8BrClFN3O. The number of aromatic nitrogens is 1. The van der Waals surface area contributed by atoms with Gasteiger partial charge in [-0.1, -0.05) is 11.6 Å². The van der Waals surface area contributed by atoms with Gasteiger partial charge < -0.3 is 15.5 Å². The minimum Gasteiger partial charge on any atom is -0.423 e. The summed E-state index contributed by atoms with van der Waals surface area (Å²) >= 11 is 9.22. The fourth-order valence-corrected chi connectivity index (χ4v) is 2.66. The quantitative estimate of drug-likeness (QED) is 0.653. The Balaban J connectivity index is 2.01. The Morgan fingerprint density at radius 2 is 2.10 bits per heavy atom. The van der Waals surface area contributed by atoms with Crippen molar-refractivity contribution in [2.45, 2.75) is 0 Å². The molecule has 3 N–H and O–H groups in total. The standard InChI is InChI=1S/C13H8BrClFN3O/c14-8-3-6(16)4-9(15)12(8)19-13-18-10-2-1-7(17)5-11(10)20-13/h1-5H,17H2,(H,18,19). The number of hydrogen-bond donors (Lipinski definition) is 2. The molecule has 4 nitrogen and oxygen atoms in total. The Bertz CT molecular complexity index is 782. The molecule has 7 heteroatoms. The van der Waals surface area contributed by atoms with Gasteiger partial charge in [-0.15, -0.1) is 0 Å². The zero-order valence-electron chi connectivity index (χ0n) is 9.95. The third kappa shape index (κ3) is 2.44. The molecule has 0 spiro atoms. The van der Waals surface area contributed by atoms with E-state index in [-0.39, 0.29) is 11.0 Å². The second-order valence-corrected chi connectivity index (χ2v) is 5.38. The van der Waals surface area contributed by atoms with E-state index in [0.717, 1.165) is 0 Å². The zero-order valence-corrected chi connectivity index (χ0v) is 12.3. The highest BCUT2D eigenvalue weighted by molar-refractivity contribution is 9.10. The van der Waals surface area contributed by atoms with Gasteiger partial charge in [0.25, 0.3) is 6.01 Å². The lowest BCUT2D eigenvalue weighted by Gasteiger charge is -2.07. The summed E-state index contributed by atoms with van der Waals surface area (Å²) in [6.45, 7) is 0. The summed E-state index contributed by atoms with van der Waals surface area (Å²) in [5, 5.41) is 3.13. The molecule has 0 aliphatic heterocycles. The molecule has 0 atom stereocenters. The van der Waals surface area contributed by atoms with Gasteiger partial charge in [0.1, 0.15) is 11.3 Å². The van der Waals surface area contributed by atoms with Gasteiger partial charge in [0, 0.05) is 16.2 Å². The van der Waals surface area contributed by atoms with Crippen LogP contribution in [0.3, 0.4) is 0 Å². The van der Waals surface area contributed by atoms with Crippen molar-refractivity contribution in [1.82, 2.24) is 4.98 Å². The first-order valence-electron chi connectivity index (χ1n) is 5.60. The molecule has 0 amide bonds. The number of nitrogens with zero attached hydrogens (tertiary/aromatic N) is 1. The fourth-order valence-electron chi connectivity index (χ4n) is 1.76. The van der Waals surface area contributed by atoms with Crippen LogP contribution in [0.2, 0.25) is 5.02 Å². The number of nitrogens with one attached hydrogen (secondary N) is 1. The molecule has 0 saturated heterocycles. The first-order valence-corrected chi connectivity index (χ1v) is 6.77. The van der Waals surface area contributed by atoms with Crippen LogP contribution in [0.5, 0.6) is 0 Å². The summed E-state index contributed by atoms with van der Waals surface area (Å²) in [6.07, 6.45) is 0. The van der Waals surface area contributed by atoms with Crippen LogP contribution in [0.15, 0.2) is 39.2 Å². The minimum absolute atomic E-state index is 0.221. The number of oxazole rings is 1. The first kappa shape index (κ1) is 13.2. The second kappa shape index (κ2) is 4.96. The molecule has 1 heterocycles. The van der Waals surface area contributed by atoms with E-state index >= 15 is 0 Å². The highest BCUT2D eigenvalue weighted by atomic mass is 79.9. The highest BCUT2D eigenvalue weighted by Crippen LogP contribution is 2.34. The number of benzene rings is 2. The zero-order chi connectivity index (χ0) is 14.3. The summed E-state index contributed by atoms with van der Waals surface area (Å²) in [6, 6.07) is 7.91. The number of hydrogen-bond acceptors (Lipinski definition) is 4. The Kier molecular flexibility index (Phi) is 3.27. The van der Waals surface area contributed by atoms with Crippen molar-refractivity contribution in [3.05, 3.63) is 45.6 Å². The Morgan fingerprint density at radius 3 is 2.85 bits per heavy atom. The van der Waals surface area contributed by atoms with Crippen LogP contribution in [-0.4, -0.2) is 4.98 Å². The number of nitrogens with two attached hydrogens (primary N) is 1. The summed E-state index contributed by atoms with van der Waals surface area (Å²) in [5.41, 5.74) is 7.96. The van der Waals surface area contributed by atoms with Crippen LogP contribution >= 0.6 is 27.5 Å². The van der Waals surface area contributed by atoms with Gasteiger partial charge in [0.05, 0.1) is 10.7 Å². The van der Waals surface area contributed by atoms with Crippen molar-refractivity contribution in [3.63, 3.8) is 0 Å². The third-order valence-electron chi connectivity index (χ3n) is 2.65. The van der Waals surface area contributed by atoms with Gasteiger partial charge in [-0.2, -0.15) is 4.98 Å². The lowest BCUT2D eigenvalue weighted by Crippen LogP contribution is -1.93. The highest BCUT2D eigenvalue weighted by Gasteiger charge is 2.12. The summed E-state index contributed by atoms with van der Waals surface area (Å²) in [7, 11) is 0. The molecule has 0 unspecified atom stereocenters. The van der Waals surface area contributed by atoms with E-state index < -0.39 is 5.82 Å². The van der Waals surface area contributed by atoms with E-state index in [9.17, 15) is 4.39 Å². The van der Waals surface area contributed by atoms with Crippen molar-refractivity contribution in [1.29, 1.82) is 0 Å². The van der Waals surface area contributed by atoms with Crippen molar-refractivity contribution in [2.24, 2.45) is 0 Å². The normalized spacial score (nSPS) is 10.9. The van der Waals surface area contributed by atoms with Crippen molar-refractivity contribution < 1.29 is 8.81 Å². The van der Waals surface area contributed by atoms with Gasteiger partial charge in [0.2, 0.25) is 0 Å². The topological polar surface area (TPSA) is 64.1 Å². The maximum atomic E-state index is 13.2. The number of nitrogen functional groups attached to an aromatic ring is 1. The number of halogens is 3. The SMILES string of the molecule is Nc1ccc2nc(Nc3c(Cl)cc(F)cc3Br)oc2c1. The van der Waals surface area contributed by atoms with E-state index in [4.69, 9.17) is 21.8 Å². The molecule has 20 heavy (non-hydrogen) atoms. The molecule has 102 valence electrons. The van der Waals surface area contributed by atoms with Crippen LogP contribution in [-0.2, 0) is 0 Å². The van der Waals surface area contributed by atoms with E-state index in [1.165, 1.54) is 12.1 Å². The smallest absolute Gasteiger partial charge is 0.300 e. The Morgan fingerprint density at radius 1 is 1.30 bits per heavy atom. The van der Waals surface area contributed by atoms with Gasteiger partial charge in [-0.25, -0.2) is 4.39 Å². The molecule has 0 aliphatic carbocycles. The van der Waals surface area contributed by atoms with E-state index in [1.54, 1.807) is 18.2 Å². The van der Waals surface area contributed by atoms with Crippen molar-refractivity contribution in [3.8, 4) is 0 Å². The van der Waals surface area contributed by atoms with Crippen molar-refractivity contribution >= 4 is 56.0 Å². The predicted molar refractivity (Wildman–Crippen MR) is 80.8 cm³/mol. The minimum atomic E-state index is -0.433. The molecule has 0 radical (unpaired) electrons. The van der Waals surface area contributed by atoms with Crippen molar-refractivity contribution in [2.75, 3.05) is 11.1 Å². The molecule has 0 aliphatic rings. The number of rotatable bonds is 2. The average Bonchev–Trinajstić information content (AvgIpc) is 2.75. The Labute approximate surface area is 126 Å². The molecule has 0 bridgehead atoms. The van der Waals surface area contributed by atoms with Crippen LogP contribution < -0.4 is 11.1 Å². The molecule has 2 aromatic carbocycles. The molecular weight excluding hydrogens is 349 g/mol. The first-order chi connectivity index (χ1) is 9.52. The molecule has 0 saturated carbocycles. The molecule has 0 fully saturated rings. The molecule has 3 rings (SSSR count). The summed E-state index contributed by atoms with van der Waals surface area (Å²) < 4.78 is 19.2. The van der Waals surface area contributed by atoms with Crippen LogP contribution in [0.1, 0.15) is 0 Å². The van der Waals surface area contributed by atoms with Gasteiger partial charge >= 0.3 is 0 Å². The lowest BCUT2D eigenvalue weighted by atomic mass is 10.3. The summed E-state index contributed by atoms with van der Waals surface area (Å²) in [4.78, 5) is 4.25. The lowest BCUT2D eigenvalue weighted by molar-refractivity contribution is 0.620. The van der Waals surface area contributed by atoms with Gasteiger partial charge in [-0.05, 0) is 40.2 Å². The number of fused-ring (bicyclic) bond motifs is 1. The maximum absolute atomic E-state index is 13.2. The molecule has 1 aromatic heterocycles. The predicted octanol–water partition coefficient (Wildman–Crippen LogP) is 4.71.